The highest BCUT2D eigenvalue weighted by atomic mass is 32.2. The lowest BCUT2D eigenvalue weighted by Gasteiger charge is -2.20. The summed E-state index contributed by atoms with van der Waals surface area (Å²) in [5.41, 5.74) is 0. The molecule has 2 atom stereocenters. The zero-order valence-electron chi connectivity index (χ0n) is 11.0. The van der Waals surface area contributed by atoms with E-state index in [4.69, 9.17) is 4.74 Å². The number of benzene rings is 1. The first kappa shape index (κ1) is 13.0. The standard InChI is InChI=1S/C15H19NO2S/c17-15-14(7-9-18-15)16-8-6-12(10-16)11-19-13-4-2-1-3-5-13/h1-5,12,14H,6-11H2/t12-,14-/m1/s1. The van der Waals surface area contributed by atoms with Gasteiger partial charge in [-0.25, -0.2) is 0 Å². The van der Waals surface area contributed by atoms with E-state index < -0.39 is 0 Å². The molecule has 19 heavy (non-hydrogen) atoms. The Labute approximate surface area is 118 Å². The predicted octanol–water partition coefficient (Wildman–Crippen LogP) is 2.42. The average Bonchev–Trinajstić information content (AvgIpc) is 3.06. The van der Waals surface area contributed by atoms with Gasteiger partial charge in [-0.3, -0.25) is 9.69 Å². The van der Waals surface area contributed by atoms with Gasteiger partial charge in [0.15, 0.2) is 0 Å². The summed E-state index contributed by atoms with van der Waals surface area (Å²) in [5.74, 6) is 1.82. The fourth-order valence-electron chi connectivity index (χ4n) is 2.83. The first-order valence-corrected chi connectivity index (χ1v) is 7.90. The zero-order valence-corrected chi connectivity index (χ0v) is 11.8. The maximum atomic E-state index is 11.6. The molecule has 2 heterocycles. The fourth-order valence-corrected chi connectivity index (χ4v) is 3.88. The van der Waals surface area contributed by atoms with Gasteiger partial charge in [-0.1, -0.05) is 18.2 Å². The molecule has 3 nitrogen and oxygen atoms in total. The molecule has 1 aromatic carbocycles. The van der Waals surface area contributed by atoms with Gasteiger partial charge in [0.25, 0.3) is 0 Å². The Morgan fingerprint density at radius 1 is 1.26 bits per heavy atom. The predicted molar refractivity (Wildman–Crippen MR) is 76.2 cm³/mol. The van der Waals surface area contributed by atoms with Crippen LogP contribution in [0.25, 0.3) is 0 Å². The third-order valence-electron chi connectivity index (χ3n) is 3.89. The Morgan fingerprint density at radius 2 is 2.11 bits per heavy atom. The molecule has 102 valence electrons. The Kier molecular flexibility index (Phi) is 4.09. The Hall–Kier alpha value is -1.00. The number of carbonyl (C=O) groups is 1. The highest BCUT2D eigenvalue weighted by Crippen LogP contribution is 2.28. The molecular weight excluding hydrogens is 258 g/mol. The van der Waals surface area contributed by atoms with E-state index in [1.54, 1.807) is 0 Å². The molecule has 0 spiro atoms. The van der Waals surface area contributed by atoms with E-state index in [2.05, 4.69) is 29.2 Å². The van der Waals surface area contributed by atoms with Crippen molar-refractivity contribution in [1.29, 1.82) is 0 Å². The highest BCUT2D eigenvalue weighted by molar-refractivity contribution is 7.99. The van der Waals surface area contributed by atoms with Crippen molar-refractivity contribution in [3.8, 4) is 0 Å². The number of likely N-dealkylation sites (tertiary alicyclic amines) is 1. The molecule has 0 aromatic heterocycles. The summed E-state index contributed by atoms with van der Waals surface area (Å²) < 4.78 is 5.06. The highest BCUT2D eigenvalue weighted by Gasteiger charge is 2.36. The van der Waals surface area contributed by atoms with Crippen molar-refractivity contribution < 1.29 is 9.53 Å². The van der Waals surface area contributed by atoms with E-state index >= 15 is 0 Å². The van der Waals surface area contributed by atoms with Crippen LogP contribution in [0, 0.1) is 5.92 Å². The van der Waals surface area contributed by atoms with Crippen LogP contribution in [-0.4, -0.2) is 42.4 Å². The minimum Gasteiger partial charge on any atom is -0.464 e. The van der Waals surface area contributed by atoms with Gasteiger partial charge in [0.1, 0.15) is 6.04 Å². The number of thioether (sulfide) groups is 1. The number of hydrogen-bond donors (Lipinski definition) is 0. The lowest BCUT2D eigenvalue weighted by atomic mass is 10.1. The quantitative estimate of drug-likeness (QED) is 0.624. The summed E-state index contributed by atoms with van der Waals surface area (Å²) in [6, 6.07) is 10.6. The summed E-state index contributed by atoms with van der Waals surface area (Å²) in [7, 11) is 0. The monoisotopic (exact) mass is 277 g/mol. The average molecular weight is 277 g/mol. The van der Waals surface area contributed by atoms with Crippen molar-refractivity contribution in [2.45, 2.75) is 23.8 Å². The molecule has 1 aromatic rings. The van der Waals surface area contributed by atoms with Crippen LogP contribution in [0.1, 0.15) is 12.8 Å². The van der Waals surface area contributed by atoms with Gasteiger partial charge >= 0.3 is 5.97 Å². The largest absolute Gasteiger partial charge is 0.464 e. The van der Waals surface area contributed by atoms with Gasteiger partial charge in [-0.15, -0.1) is 11.8 Å². The minimum absolute atomic E-state index is 0.0173. The number of ether oxygens (including phenoxy) is 1. The molecule has 0 amide bonds. The van der Waals surface area contributed by atoms with Gasteiger partial charge in [0.2, 0.25) is 0 Å². The molecule has 3 rings (SSSR count). The van der Waals surface area contributed by atoms with E-state index in [0.29, 0.717) is 12.5 Å². The van der Waals surface area contributed by atoms with Crippen molar-refractivity contribution in [3.05, 3.63) is 30.3 Å². The number of rotatable bonds is 4. The van der Waals surface area contributed by atoms with Crippen LogP contribution in [-0.2, 0) is 9.53 Å². The van der Waals surface area contributed by atoms with Crippen molar-refractivity contribution >= 4 is 17.7 Å². The van der Waals surface area contributed by atoms with Crippen LogP contribution < -0.4 is 0 Å². The molecule has 0 N–H and O–H groups in total. The second kappa shape index (κ2) is 5.97. The van der Waals surface area contributed by atoms with E-state index in [1.165, 1.54) is 11.3 Å². The molecule has 2 saturated heterocycles. The number of cyclic esters (lactones) is 1. The summed E-state index contributed by atoms with van der Waals surface area (Å²) >= 11 is 1.92. The lowest BCUT2D eigenvalue weighted by Crippen LogP contribution is -2.36. The first-order valence-electron chi connectivity index (χ1n) is 6.91. The summed E-state index contributed by atoms with van der Waals surface area (Å²) in [4.78, 5) is 15.2. The number of carbonyl (C=O) groups excluding carboxylic acids is 1. The van der Waals surface area contributed by atoms with E-state index in [1.807, 2.05) is 17.8 Å². The van der Waals surface area contributed by atoms with Crippen LogP contribution in [0.5, 0.6) is 0 Å². The van der Waals surface area contributed by atoms with Crippen LogP contribution in [0.15, 0.2) is 35.2 Å². The molecule has 0 bridgehead atoms. The van der Waals surface area contributed by atoms with E-state index in [0.717, 1.165) is 25.3 Å². The van der Waals surface area contributed by atoms with Crippen LogP contribution in [0.4, 0.5) is 0 Å². The normalized spacial score (nSPS) is 27.7. The maximum absolute atomic E-state index is 11.6. The van der Waals surface area contributed by atoms with Crippen LogP contribution >= 0.6 is 11.8 Å². The summed E-state index contributed by atoms with van der Waals surface area (Å²) in [5, 5.41) is 0. The fraction of sp³-hybridized carbons (Fsp3) is 0.533. The number of esters is 1. The third-order valence-corrected chi connectivity index (χ3v) is 5.14. The summed E-state index contributed by atoms with van der Waals surface area (Å²) in [6.45, 7) is 2.68. The SMILES string of the molecule is O=C1OCC[C@H]1N1CC[C@@H](CSc2ccccc2)C1. The number of nitrogens with zero attached hydrogens (tertiary/aromatic N) is 1. The Bertz CT molecular complexity index is 437. The van der Waals surface area contributed by atoms with Crippen LogP contribution in [0.2, 0.25) is 0 Å². The minimum atomic E-state index is -0.0173. The Balaban J connectivity index is 1.48. The Morgan fingerprint density at radius 3 is 2.84 bits per heavy atom. The zero-order chi connectivity index (χ0) is 13.1. The first-order chi connectivity index (χ1) is 9.33. The van der Waals surface area contributed by atoms with Gasteiger partial charge < -0.3 is 4.74 Å². The maximum Gasteiger partial charge on any atom is 0.323 e. The van der Waals surface area contributed by atoms with Gasteiger partial charge in [-0.05, 0) is 31.0 Å². The molecule has 4 heteroatoms. The molecule has 0 unspecified atom stereocenters. The molecule has 2 aliphatic rings. The topological polar surface area (TPSA) is 29.5 Å². The summed E-state index contributed by atoms with van der Waals surface area (Å²) in [6.07, 6.45) is 2.07. The van der Waals surface area contributed by atoms with Gasteiger partial charge in [-0.2, -0.15) is 0 Å². The molecule has 0 saturated carbocycles. The van der Waals surface area contributed by atoms with Crippen molar-refractivity contribution in [1.82, 2.24) is 4.90 Å². The molecular formula is C15H19NO2S. The number of hydrogen-bond acceptors (Lipinski definition) is 4. The molecule has 0 aliphatic carbocycles. The van der Waals surface area contributed by atoms with Crippen molar-refractivity contribution in [2.24, 2.45) is 5.92 Å². The van der Waals surface area contributed by atoms with E-state index in [-0.39, 0.29) is 12.0 Å². The van der Waals surface area contributed by atoms with Crippen molar-refractivity contribution in [2.75, 3.05) is 25.4 Å². The molecule has 0 radical (unpaired) electrons. The smallest absolute Gasteiger partial charge is 0.323 e. The van der Waals surface area contributed by atoms with E-state index in [9.17, 15) is 4.79 Å². The van der Waals surface area contributed by atoms with Crippen molar-refractivity contribution in [3.63, 3.8) is 0 Å². The van der Waals surface area contributed by atoms with Gasteiger partial charge in [0.05, 0.1) is 6.61 Å². The molecule has 2 fully saturated rings. The lowest BCUT2D eigenvalue weighted by molar-refractivity contribution is -0.142. The molecule has 2 aliphatic heterocycles. The third kappa shape index (κ3) is 3.12. The second-order valence-corrected chi connectivity index (χ2v) is 6.34. The second-order valence-electron chi connectivity index (χ2n) is 5.25. The van der Waals surface area contributed by atoms with Crippen LogP contribution in [0.3, 0.4) is 0 Å². The van der Waals surface area contributed by atoms with Gasteiger partial charge in [0, 0.05) is 23.6 Å².